The van der Waals surface area contributed by atoms with E-state index in [0.29, 0.717) is 41.9 Å². The van der Waals surface area contributed by atoms with E-state index in [-0.39, 0.29) is 41.2 Å². The van der Waals surface area contributed by atoms with Gasteiger partial charge in [0.2, 0.25) is 0 Å². The maximum atomic E-state index is 12.2. The zero-order valence-corrected chi connectivity index (χ0v) is 37.4. The van der Waals surface area contributed by atoms with E-state index in [9.17, 15) is 4.79 Å². The van der Waals surface area contributed by atoms with Crippen molar-refractivity contribution in [3.8, 4) is 0 Å². The first kappa shape index (κ1) is 40.0. The fraction of sp³-hybridized carbons (Fsp3) is 0.973. The van der Waals surface area contributed by atoms with Crippen LogP contribution >= 0.6 is 0 Å². The molecule has 4 aliphatic rings. The summed E-state index contributed by atoms with van der Waals surface area (Å²) in [5.74, 6) is 2.90. The first-order chi connectivity index (χ1) is 21.3. The quantitative estimate of drug-likeness (QED) is 0.147. The highest BCUT2D eigenvalue weighted by molar-refractivity contribution is 6.70. The fourth-order valence-electron chi connectivity index (χ4n) is 11.1. The molecule has 0 amide bonds. The minimum atomic E-state index is -1.87. The summed E-state index contributed by atoms with van der Waals surface area (Å²) in [4.78, 5) is 12.2. The molecular weight excluding hydrogens is 653 g/mol. The second-order valence-corrected chi connectivity index (χ2v) is 38.3. The van der Waals surface area contributed by atoms with Crippen LogP contribution < -0.4 is 0 Å². The number of esters is 1. The molecule has 4 saturated carbocycles. The Morgan fingerprint density at radius 1 is 0.681 bits per heavy atom. The standard InChI is InChI=1S/C37H74O6Si4/c1-25(17-20-34(38)39-4)28-18-19-29-35-30(24-33(37(28,29)3)43-47(14,15)16)36(2)26(22-31(35)41-45(8,9)10)21-27(40-44(5,6)7)23-32(36)42-46(11,12)13/h25-33,35H,17-24H2,1-16H3/t25?,26-,27-,28+,29?,30?,31+,32+,33-,35?,36-,37+/m0/s1. The van der Waals surface area contributed by atoms with E-state index in [0.717, 1.165) is 32.1 Å². The zero-order valence-electron chi connectivity index (χ0n) is 33.4. The SMILES string of the molecule is COC(=O)CCC(C)[C@H]1CCC2C3C(C[C@H](O[Si](C)(C)C)[C@@]21C)[C@]1(C)[C@@H](C[C@H](O[Si](C)(C)C)C[C@H]1O[Si](C)(C)C)C[C@H]3O[Si](C)(C)C. The van der Waals surface area contributed by atoms with Crippen LogP contribution in [0.2, 0.25) is 78.6 Å². The van der Waals surface area contributed by atoms with Gasteiger partial charge in [0.25, 0.3) is 0 Å². The highest BCUT2D eigenvalue weighted by atomic mass is 28.4. The van der Waals surface area contributed by atoms with Crippen LogP contribution in [0.4, 0.5) is 0 Å². The highest BCUT2D eigenvalue weighted by Crippen LogP contribution is 2.70. The summed E-state index contributed by atoms with van der Waals surface area (Å²) in [6, 6.07) is 0. The van der Waals surface area contributed by atoms with Gasteiger partial charge >= 0.3 is 5.97 Å². The van der Waals surface area contributed by atoms with Crippen LogP contribution in [0.5, 0.6) is 0 Å². The predicted molar refractivity (Wildman–Crippen MR) is 205 cm³/mol. The van der Waals surface area contributed by atoms with Gasteiger partial charge in [-0.05, 0) is 170 Å². The van der Waals surface area contributed by atoms with Crippen LogP contribution in [0.25, 0.3) is 0 Å². The van der Waals surface area contributed by atoms with Crippen molar-refractivity contribution in [3.05, 3.63) is 0 Å². The molecule has 0 aromatic heterocycles. The van der Waals surface area contributed by atoms with Crippen molar-refractivity contribution >= 4 is 39.2 Å². The fourth-order valence-corrected chi connectivity index (χ4v) is 15.9. The smallest absolute Gasteiger partial charge is 0.305 e. The highest BCUT2D eigenvalue weighted by Gasteiger charge is 2.69. The number of hydrogen-bond acceptors (Lipinski definition) is 6. The Bertz CT molecular complexity index is 1090. The first-order valence-corrected chi connectivity index (χ1v) is 32.7. The van der Waals surface area contributed by atoms with Gasteiger partial charge in [-0.15, -0.1) is 0 Å². The molecule has 4 aliphatic carbocycles. The molecule has 0 spiro atoms. The van der Waals surface area contributed by atoms with Crippen molar-refractivity contribution in [2.24, 2.45) is 46.3 Å². The molecule has 10 heteroatoms. The lowest BCUT2D eigenvalue weighted by Crippen LogP contribution is -2.68. The molecule has 6 nitrogen and oxygen atoms in total. The van der Waals surface area contributed by atoms with E-state index in [1.165, 1.54) is 20.0 Å². The summed E-state index contributed by atoms with van der Waals surface area (Å²) < 4.78 is 34.1. The monoisotopic (exact) mass is 726 g/mol. The zero-order chi connectivity index (χ0) is 35.5. The van der Waals surface area contributed by atoms with Gasteiger partial charge in [0.05, 0.1) is 19.3 Å². The Morgan fingerprint density at radius 2 is 1.21 bits per heavy atom. The van der Waals surface area contributed by atoms with E-state index in [2.05, 4.69) is 99.3 Å². The number of carbonyl (C=O) groups is 1. The van der Waals surface area contributed by atoms with Gasteiger partial charge in [0, 0.05) is 18.6 Å². The summed E-state index contributed by atoms with van der Waals surface area (Å²) in [6.45, 7) is 36.0. The number of hydrogen-bond donors (Lipinski definition) is 0. The van der Waals surface area contributed by atoms with Gasteiger partial charge in [-0.3, -0.25) is 4.79 Å². The first-order valence-electron chi connectivity index (χ1n) is 19.1. The van der Waals surface area contributed by atoms with Gasteiger partial charge in [0.1, 0.15) is 0 Å². The van der Waals surface area contributed by atoms with Crippen molar-refractivity contribution in [2.75, 3.05) is 7.11 Å². The van der Waals surface area contributed by atoms with Crippen molar-refractivity contribution < 1.29 is 27.2 Å². The molecule has 0 N–H and O–H groups in total. The number of ether oxygens (including phenoxy) is 1. The summed E-state index contributed by atoms with van der Waals surface area (Å²) in [7, 11) is -5.75. The molecule has 47 heavy (non-hydrogen) atoms. The molecule has 0 bridgehead atoms. The third-order valence-corrected chi connectivity index (χ3v) is 16.6. The summed E-state index contributed by atoms with van der Waals surface area (Å²) >= 11 is 0. The van der Waals surface area contributed by atoms with Gasteiger partial charge < -0.3 is 22.4 Å². The average molecular weight is 727 g/mol. The Balaban J connectivity index is 1.83. The number of methoxy groups -OCH3 is 1. The van der Waals surface area contributed by atoms with Crippen molar-refractivity contribution in [1.29, 1.82) is 0 Å². The molecule has 0 saturated heterocycles. The Morgan fingerprint density at radius 3 is 1.72 bits per heavy atom. The summed E-state index contributed by atoms with van der Waals surface area (Å²) in [5.41, 5.74) is 0.106. The number of rotatable bonds is 12. The van der Waals surface area contributed by atoms with E-state index in [1.54, 1.807) is 0 Å². The minimum absolute atomic E-state index is 0.0501. The maximum absolute atomic E-state index is 12.2. The predicted octanol–water partition coefficient (Wildman–Crippen LogP) is 9.94. The van der Waals surface area contributed by atoms with Crippen LogP contribution in [0.15, 0.2) is 0 Å². The van der Waals surface area contributed by atoms with Gasteiger partial charge in [-0.1, -0.05) is 20.8 Å². The molecule has 4 rings (SSSR count). The normalized spacial score (nSPS) is 40.3. The molecule has 0 heterocycles. The van der Waals surface area contributed by atoms with E-state index >= 15 is 0 Å². The lowest BCUT2D eigenvalue weighted by molar-refractivity contribution is -0.224. The number of fused-ring (bicyclic) bond motifs is 5. The van der Waals surface area contributed by atoms with Crippen LogP contribution in [0.1, 0.15) is 72.1 Å². The topological polar surface area (TPSA) is 63.2 Å². The second kappa shape index (κ2) is 14.0. The van der Waals surface area contributed by atoms with Crippen molar-refractivity contribution in [2.45, 2.75) is 175 Å². The van der Waals surface area contributed by atoms with Crippen LogP contribution in [0.3, 0.4) is 0 Å². The lowest BCUT2D eigenvalue weighted by atomic mass is 9.42. The summed E-state index contributed by atoms with van der Waals surface area (Å²) in [6.07, 6.45) is 9.09. The number of carbonyl (C=O) groups excluding carboxylic acids is 1. The van der Waals surface area contributed by atoms with E-state index < -0.39 is 33.3 Å². The molecule has 4 unspecified atom stereocenters. The molecule has 0 aliphatic heterocycles. The third-order valence-electron chi connectivity index (χ3n) is 12.6. The largest absolute Gasteiger partial charge is 0.469 e. The maximum Gasteiger partial charge on any atom is 0.305 e. The van der Waals surface area contributed by atoms with E-state index in [4.69, 9.17) is 22.4 Å². The Kier molecular flexibility index (Phi) is 11.9. The Labute approximate surface area is 294 Å². The van der Waals surface area contributed by atoms with Gasteiger partial charge in [0.15, 0.2) is 33.3 Å². The molecule has 12 atom stereocenters. The molecule has 4 fully saturated rings. The average Bonchev–Trinajstić information content (AvgIpc) is 3.23. The van der Waals surface area contributed by atoms with Crippen molar-refractivity contribution in [1.82, 2.24) is 0 Å². The van der Waals surface area contributed by atoms with Crippen LogP contribution in [0, 0.1) is 46.3 Å². The molecular formula is C37H74O6Si4. The second-order valence-electron chi connectivity index (χ2n) is 20.5. The third kappa shape index (κ3) is 8.98. The van der Waals surface area contributed by atoms with E-state index in [1.807, 2.05) is 0 Å². The minimum Gasteiger partial charge on any atom is -0.469 e. The lowest BCUT2D eigenvalue weighted by Gasteiger charge is -2.67. The van der Waals surface area contributed by atoms with Crippen molar-refractivity contribution in [3.63, 3.8) is 0 Å². The molecule has 0 aromatic carbocycles. The molecule has 0 aromatic rings. The molecule has 274 valence electrons. The van der Waals surface area contributed by atoms with Crippen LogP contribution in [-0.4, -0.2) is 70.8 Å². The van der Waals surface area contributed by atoms with Gasteiger partial charge in [-0.2, -0.15) is 0 Å². The Hall–Kier alpha value is 0.178. The van der Waals surface area contributed by atoms with Gasteiger partial charge in [-0.25, -0.2) is 0 Å². The summed E-state index contributed by atoms with van der Waals surface area (Å²) in [5, 5.41) is 0. The van der Waals surface area contributed by atoms with Crippen LogP contribution in [-0.2, 0) is 27.2 Å². The molecule has 0 radical (unpaired) electrons.